The first-order chi connectivity index (χ1) is 6.72. The van der Waals surface area contributed by atoms with Crippen LogP contribution in [0.25, 0.3) is 0 Å². The standard InChI is InChI=1S/C8H12O6/c1-11-4-2-12-7-5(14-8(9)10)3-13-6(4)7/h4-7H,2-3H2,1H3,(H,9,10)/t4?,5?,6-,7-/m1/s1. The number of fused-ring (bicyclic) bond motifs is 1. The number of hydrogen-bond acceptors (Lipinski definition) is 5. The molecule has 0 aliphatic carbocycles. The van der Waals surface area contributed by atoms with E-state index in [-0.39, 0.29) is 24.9 Å². The first kappa shape index (κ1) is 9.70. The molecule has 0 spiro atoms. The third-order valence-corrected chi connectivity index (χ3v) is 2.52. The molecule has 4 atom stereocenters. The van der Waals surface area contributed by atoms with E-state index in [0.717, 1.165) is 0 Å². The second-order valence-electron chi connectivity index (χ2n) is 3.29. The zero-order valence-corrected chi connectivity index (χ0v) is 7.71. The molecule has 80 valence electrons. The highest BCUT2D eigenvalue weighted by Crippen LogP contribution is 2.30. The third kappa shape index (κ3) is 1.56. The Bertz CT molecular complexity index is 230. The van der Waals surface area contributed by atoms with Crippen LogP contribution in [-0.4, -0.2) is 56.0 Å². The fourth-order valence-electron chi connectivity index (χ4n) is 1.86. The lowest BCUT2D eigenvalue weighted by Crippen LogP contribution is -2.34. The van der Waals surface area contributed by atoms with Crippen molar-refractivity contribution < 1.29 is 28.8 Å². The molecule has 0 amide bonds. The maximum absolute atomic E-state index is 10.3. The first-order valence-electron chi connectivity index (χ1n) is 4.38. The summed E-state index contributed by atoms with van der Waals surface area (Å²) in [6.07, 6.45) is -2.48. The minimum Gasteiger partial charge on any atom is -0.450 e. The molecule has 2 aliphatic rings. The van der Waals surface area contributed by atoms with Gasteiger partial charge in [0.15, 0.2) is 6.10 Å². The monoisotopic (exact) mass is 204 g/mol. The summed E-state index contributed by atoms with van der Waals surface area (Å²) in [6.45, 7) is 0.660. The van der Waals surface area contributed by atoms with Gasteiger partial charge in [0.2, 0.25) is 0 Å². The summed E-state index contributed by atoms with van der Waals surface area (Å²) in [5, 5.41) is 8.45. The van der Waals surface area contributed by atoms with Crippen molar-refractivity contribution in [3.8, 4) is 0 Å². The van der Waals surface area contributed by atoms with Crippen LogP contribution in [0.15, 0.2) is 0 Å². The van der Waals surface area contributed by atoms with E-state index in [1.54, 1.807) is 7.11 Å². The SMILES string of the molecule is COC1CO[C@@H]2C(OC(=O)O)CO[C@H]12. The first-order valence-corrected chi connectivity index (χ1v) is 4.38. The molecule has 6 nitrogen and oxygen atoms in total. The normalized spacial score (nSPS) is 40.9. The minimum absolute atomic E-state index is 0.123. The molecule has 6 heteroatoms. The zero-order chi connectivity index (χ0) is 10.1. The van der Waals surface area contributed by atoms with Gasteiger partial charge < -0.3 is 24.1 Å². The van der Waals surface area contributed by atoms with Crippen LogP contribution in [0, 0.1) is 0 Å². The third-order valence-electron chi connectivity index (χ3n) is 2.52. The number of carboxylic acid groups (broad SMARTS) is 1. The Morgan fingerprint density at radius 2 is 1.86 bits per heavy atom. The van der Waals surface area contributed by atoms with E-state index >= 15 is 0 Å². The summed E-state index contributed by atoms with van der Waals surface area (Å²) in [7, 11) is 1.57. The summed E-state index contributed by atoms with van der Waals surface area (Å²) in [4.78, 5) is 10.3. The molecule has 1 N–H and O–H groups in total. The lowest BCUT2D eigenvalue weighted by molar-refractivity contribution is -0.0290. The predicted molar refractivity (Wildman–Crippen MR) is 43.2 cm³/mol. The van der Waals surface area contributed by atoms with Gasteiger partial charge in [0.05, 0.1) is 13.2 Å². The molecule has 2 unspecified atom stereocenters. The maximum Gasteiger partial charge on any atom is 0.506 e. The van der Waals surface area contributed by atoms with E-state index in [0.29, 0.717) is 6.61 Å². The van der Waals surface area contributed by atoms with Crippen LogP contribution >= 0.6 is 0 Å². The van der Waals surface area contributed by atoms with E-state index in [9.17, 15) is 4.79 Å². The van der Waals surface area contributed by atoms with Gasteiger partial charge in [-0.25, -0.2) is 4.79 Å². The maximum atomic E-state index is 10.3. The molecule has 0 bridgehead atoms. The van der Waals surface area contributed by atoms with E-state index < -0.39 is 12.3 Å². The van der Waals surface area contributed by atoms with E-state index in [4.69, 9.17) is 19.3 Å². The van der Waals surface area contributed by atoms with Crippen LogP contribution in [0.5, 0.6) is 0 Å². The predicted octanol–water partition coefficient (Wildman–Crippen LogP) is -0.138. The Balaban J connectivity index is 1.97. The lowest BCUT2D eigenvalue weighted by atomic mass is 10.1. The van der Waals surface area contributed by atoms with Crippen LogP contribution in [-0.2, 0) is 18.9 Å². The Morgan fingerprint density at radius 1 is 1.29 bits per heavy atom. The molecular formula is C8H12O6. The molecule has 2 heterocycles. The smallest absolute Gasteiger partial charge is 0.450 e. The van der Waals surface area contributed by atoms with Crippen molar-refractivity contribution in [3.63, 3.8) is 0 Å². The van der Waals surface area contributed by atoms with Crippen molar-refractivity contribution in [2.45, 2.75) is 24.4 Å². The number of ether oxygens (including phenoxy) is 4. The van der Waals surface area contributed by atoms with Gasteiger partial charge in [-0.3, -0.25) is 0 Å². The molecular weight excluding hydrogens is 192 g/mol. The fraction of sp³-hybridized carbons (Fsp3) is 0.875. The number of carbonyl (C=O) groups is 1. The fourth-order valence-corrected chi connectivity index (χ4v) is 1.86. The van der Waals surface area contributed by atoms with Gasteiger partial charge in [0, 0.05) is 7.11 Å². The molecule has 2 saturated heterocycles. The number of methoxy groups -OCH3 is 1. The second kappa shape index (κ2) is 3.72. The van der Waals surface area contributed by atoms with Crippen molar-refractivity contribution in [2.75, 3.05) is 20.3 Å². The van der Waals surface area contributed by atoms with Crippen LogP contribution in [0.4, 0.5) is 4.79 Å². The van der Waals surface area contributed by atoms with Gasteiger partial charge in [-0.05, 0) is 0 Å². The lowest BCUT2D eigenvalue weighted by Gasteiger charge is -2.14. The van der Waals surface area contributed by atoms with Crippen LogP contribution < -0.4 is 0 Å². The summed E-state index contributed by atoms with van der Waals surface area (Å²) in [6, 6.07) is 0. The Labute approximate surface area is 80.7 Å². The van der Waals surface area contributed by atoms with Gasteiger partial charge in [-0.15, -0.1) is 0 Å². The highest BCUT2D eigenvalue weighted by atomic mass is 16.7. The number of hydrogen-bond donors (Lipinski definition) is 1. The minimum atomic E-state index is -1.30. The molecule has 2 rings (SSSR count). The zero-order valence-electron chi connectivity index (χ0n) is 7.71. The molecule has 0 aromatic carbocycles. The van der Waals surface area contributed by atoms with Crippen molar-refractivity contribution >= 4 is 6.16 Å². The molecule has 0 aromatic heterocycles. The van der Waals surface area contributed by atoms with Crippen molar-refractivity contribution in [3.05, 3.63) is 0 Å². The number of rotatable bonds is 2. The Morgan fingerprint density at radius 3 is 2.43 bits per heavy atom. The summed E-state index contributed by atoms with van der Waals surface area (Å²) >= 11 is 0. The van der Waals surface area contributed by atoms with Gasteiger partial charge in [-0.2, -0.15) is 0 Å². The van der Waals surface area contributed by atoms with Crippen molar-refractivity contribution in [2.24, 2.45) is 0 Å². The van der Waals surface area contributed by atoms with Gasteiger partial charge in [-0.1, -0.05) is 0 Å². The highest BCUT2D eigenvalue weighted by molar-refractivity contribution is 5.57. The average Bonchev–Trinajstić information content (AvgIpc) is 2.67. The second-order valence-corrected chi connectivity index (χ2v) is 3.29. The Kier molecular flexibility index (Phi) is 2.58. The summed E-state index contributed by atoms with van der Waals surface area (Å²) in [5.74, 6) is 0. The topological polar surface area (TPSA) is 74.2 Å². The molecule has 0 saturated carbocycles. The molecule has 0 aromatic rings. The Hall–Kier alpha value is -0.850. The van der Waals surface area contributed by atoms with E-state index in [1.807, 2.05) is 0 Å². The van der Waals surface area contributed by atoms with Crippen LogP contribution in [0.2, 0.25) is 0 Å². The van der Waals surface area contributed by atoms with Crippen molar-refractivity contribution in [1.29, 1.82) is 0 Å². The summed E-state index contributed by atoms with van der Waals surface area (Å²) < 4.78 is 20.5. The van der Waals surface area contributed by atoms with Crippen LogP contribution in [0.3, 0.4) is 0 Å². The largest absolute Gasteiger partial charge is 0.506 e. The van der Waals surface area contributed by atoms with E-state index in [1.165, 1.54) is 0 Å². The molecule has 14 heavy (non-hydrogen) atoms. The van der Waals surface area contributed by atoms with Gasteiger partial charge >= 0.3 is 6.16 Å². The quantitative estimate of drug-likeness (QED) is 0.631. The van der Waals surface area contributed by atoms with E-state index in [2.05, 4.69) is 4.74 Å². The van der Waals surface area contributed by atoms with Gasteiger partial charge in [0.25, 0.3) is 0 Å². The van der Waals surface area contributed by atoms with Gasteiger partial charge in [0.1, 0.15) is 18.3 Å². The van der Waals surface area contributed by atoms with Crippen LogP contribution in [0.1, 0.15) is 0 Å². The summed E-state index contributed by atoms with van der Waals surface area (Å²) in [5.41, 5.74) is 0. The average molecular weight is 204 g/mol. The highest BCUT2D eigenvalue weighted by Gasteiger charge is 2.49. The van der Waals surface area contributed by atoms with Crippen molar-refractivity contribution in [1.82, 2.24) is 0 Å². The molecule has 2 fully saturated rings. The molecule has 2 aliphatic heterocycles. The molecule has 0 radical (unpaired) electrons.